The van der Waals surface area contributed by atoms with Crippen LogP contribution in [0.3, 0.4) is 0 Å². The molecule has 0 heterocycles. The molecule has 0 aromatic heterocycles. The van der Waals surface area contributed by atoms with Crippen LogP contribution in [0.2, 0.25) is 0 Å². The Bertz CT molecular complexity index is 163. The molecular weight excluding hydrogens is 150 g/mol. The molecule has 1 atom stereocenters. The van der Waals surface area contributed by atoms with Crippen molar-refractivity contribution in [3.8, 4) is 0 Å². The Kier molecular flexibility index (Phi) is 2.13. The fourth-order valence-corrected chi connectivity index (χ4v) is 3.18. The summed E-state index contributed by atoms with van der Waals surface area (Å²) in [6, 6.07) is 0. The van der Waals surface area contributed by atoms with Crippen LogP contribution in [0.25, 0.3) is 0 Å². The number of quaternary nitrogens is 1. The average molecular weight is 170 g/mol. The Hall–Kier alpha value is -0.0800. The predicted octanol–water partition coefficient (Wildman–Crippen LogP) is 0.560. The third-order valence-electron chi connectivity index (χ3n) is 3.86. The van der Waals surface area contributed by atoms with Gasteiger partial charge >= 0.3 is 0 Å². The molecule has 70 valence electrons. The summed E-state index contributed by atoms with van der Waals surface area (Å²) >= 11 is 0. The second-order valence-electron chi connectivity index (χ2n) is 4.63. The molecule has 2 heteroatoms. The minimum atomic E-state index is -0.317. The van der Waals surface area contributed by atoms with Gasteiger partial charge in [-0.3, -0.25) is 0 Å². The third kappa shape index (κ3) is 1.27. The molecule has 0 spiro atoms. The molecule has 4 N–H and O–H groups in total. The monoisotopic (exact) mass is 170 g/mol. The summed E-state index contributed by atoms with van der Waals surface area (Å²) in [7, 11) is 0. The van der Waals surface area contributed by atoms with Crippen molar-refractivity contribution in [1.29, 1.82) is 0 Å². The van der Waals surface area contributed by atoms with Crippen LogP contribution >= 0.6 is 0 Å². The topological polar surface area (TPSA) is 47.9 Å². The SMILES string of the molecule is [NH3+]CC[C@@]1(O)CC2CCC1CC2. The van der Waals surface area contributed by atoms with Gasteiger partial charge in [0.15, 0.2) is 0 Å². The van der Waals surface area contributed by atoms with Crippen molar-refractivity contribution >= 4 is 0 Å². The zero-order valence-electron chi connectivity index (χ0n) is 7.76. The quantitative estimate of drug-likeness (QED) is 0.625. The van der Waals surface area contributed by atoms with Crippen LogP contribution in [0.5, 0.6) is 0 Å². The van der Waals surface area contributed by atoms with Crippen LogP contribution in [-0.2, 0) is 0 Å². The maximum absolute atomic E-state index is 10.3. The Morgan fingerprint density at radius 3 is 2.33 bits per heavy atom. The van der Waals surface area contributed by atoms with Gasteiger partial charge in [0.05, 0.1) is 12.1 Å². The summed E-state index contributed by atoms with van der Waals surface area (Å²) in [5, 5.41) is 10.3. The molecule has 0 unspecified atom stereocenters. The lowest BCUT2D eigenvalue weighted by Gasteiger charge is -2.48. The largest absolute Gasteiger partial charge is 0.389 e. The first-order valence-corrected chi connectivity index (χ1v) is 5.26. The Balaban J connectivity index is 2.06. The van der Waals surface area contributed by atoms with Gasteiger partial charge in [0.1, 0.15) is 0 Å². The molecule has 0 saturated heterocycles. The number of fused-ring (bicyclic) bond motifs is 3. The number of hydrogen-bond donors (Lipinski definition) is 2. The zero-order valence-corrected chi connectivity index (χ0v) is 7.76. The van der Waals surface area contributed by atoms with E-state index in [4.69, 9.17) is 0 Å². The summed E-state index contributed by atoms with van der Waals surface area (Å²) in [6.45, 7) is 0.889. The lowest BCUT2D eigenvalue weighted by atomic mass is 9.61. The summed E-state index contributed by atoms with van der Waals surface area (Å²) in [6.07, 6.45) is 7.25. The smallest absolute Gasteiger partial charge is 0.0767 e. The molecule has 0 radical (unpaired) electrons. The van der Waals surface area contributed by atoms with Crippen LogP contribution in [0, 0.1) is 11.8 Å². The Morgan fingerprint density at radius 2 is 1.92 bits per heavy atom. The fourth-order valence-electron chi connectivity index (χ4n) is 3.18. The first-order chi connectivity index (χ1) is 5.74. The molecule has 2 nitrogen and oxygen atoms in total. The second-order valence-corrected chi connectivity index (χ2v) is 4.63. The van der Waals surface area contributed by atoms with Crippen molar-refractivity contribution in [2.75, 3.05) is 6.54 Å². The Labute approximate surface area is 74.1 Å². The van der Waals surface area contributed by atoms with Crippen molar-refractivity contribution in [2.45, 2.75) is 44.1 Å². The number of rotatable bonds is 2. The molecule has 0 aromatic rings. The van der Waals surface area contributed by atoms with Crippen molar-refractivity contribution < 1.29 is 10.8 Å². The standard InChI is InChI=1S/C10H19NO/c11-6-5-10(12)7-8-1-3-9(10)4-2-8/h8-9,12H,1-7,11H2/p+1/t8?,9?,10-/m1/s1. The van der Waals surface area contributed by atoms with Gasteiger partial charge in [-0.15, -0.1) is 0 Å². The summed E-state index contributed by atoms with van der Waals surface area (Å²) in [5.74, 6) is 1.43. The maximum Gasteiger partial charge on any atom is 0.0767 e. The van der Waals surface area contributed by atoms with E-state index in [0.29, 0.717) is 5.92 Å². The van der Waals surface area contributed by atoms with Crippen molar-refractivity contribution in [3.05, 3.63) is 0 Å². The summed E-state index contributed by atoms with van der Waals surface area (Å²) in [5.41, 5.74) is 3.53. The van der Waals surface area contributed by atoms with Crippen molar-refractivity contribution in [2.24, 2.45) is 11.8 Å². The van der Waals surface area contributed by atoms with E-state index in [9.17, 15) is 5.11 Å². The van der Waals surface area contributed by atoms with Gasteiger partial charge in [0.25, 0.3) is 0 Å². The van der Waals surface area contributed by atoms with Crippen LogP contribution in [0.15, 0.2) is 0 Å². The fraction of sp³-hybridized carbons (Fsp3) is 1.00. The molecule has 3 saturated carbocycles. The molecule has 3 rings (SSSR count). The summed E-state index contributed by atoms with van der Waals surface area (Å²) in [4.78, 5) is 0. The number of aliphatic hydroxyl groups is 1. The molecule has 3 aliphatic rings. The predicted molar refractivity (Wildman–Crippen MR) is 47.4 cm³/mol. The minimum Gasteiger partial charge on any atom is -0.389 e. The molecule has 2 bridgehead atoms. The van der Waals surface area contributed by atoms with E-state index in [1.807, 2.05) is 0 Å². The van der Waals surface area contributed by atoms with E-state index in [1.165, 1.54) is 25.7 Å². The Morgan fingerprint density at radius 1 is 1.25 bits per heavy atom. The van der Waals surface area contributed by atoms with Crippen LogP contribution in [0.1, 0.15) is 38.5 Å². The van der Waals surface area contributed by atoms with Crippen molar-refractivity contribution in [3.63, 3.8) is 0 Å². The first-order valence-electron chi connectivity index (χ1n) is 5.26. The minimum absolute atomic E-state index is 0.317. The number of hydrogen-bond acceptors (Lipinski definition) is 1. The van der Waals surface area contributed by atoms with Crippen molar-refractivity contribution in [1.82, 2.24) is 0 Å². The van der Waals surface area contributed by atoms with E-state index >= 15 is 0 Å². The average Bonchev–Trinajstić information content (AvgIpc) is 2.05. The van der Waals surface area contributed by atoms with E-state index in [-0.39, 0.29) is 5.60 Å². The van der Waals surface area contributed by atoms with Gasteiger partial charge in [-0.1, -0.05) is 0 Å². The van der Waals surface area contributed by atoms with E-state index in [0.717, 1.165) is 25.3 Å². The van der Waals surface area contributed by atoms with Gasteiger partial charge in [0.2, 0.25) is 0 Å². The van der Waals surface area contributed by atoms with Gasteiger partial charge in [-0.2, -0.15) is 0 Å². The van der Waals surface area contributed by atoms with E-state index < -0.39 is 0 Å². The third-order valence-corrected chi connectivity index (χ3v) is 3.86. The van der Waals surface area contributed by atoms with Gasteiger partial charge < -0.3 is 10.8 Å². The highest BCUT2D eigenvalue weighted by Crippen LogP contribution is 2.48. The van der Waals surface area contributed by atoms with Gasteiger partial charge in [-0.05, 0) is 43.9 Å². The molecular formula is C10H20NO+. The summed E-state index contributed by atoms with van der Waals surface area (Å²) < 4.78 is 0. The highest BCUT2D eigenvalue weighted by atomic mass is 16.3. The zero-order chi connectivity index (χ0) is 8.60. The molecule has 0 aliphatic heterocycles. The highest BCUT2D eigenvalue weighted by Gasteiger charge is 2.45. The van der Waals surface area contributed by atoms with E-state index in [1.54, 1.807) is 0 Å². The molecule has 3 fully saturated rings. The van der Waals surface area contributed by atoms with Gasteiger partial charge in [-0.25, -0.2) is 0 Å². The molecule has 0 aromatic carbocycles. The molecule has 0 amide bonds. The maximum atomic E-state index is 10.3. The van der Waals surface area contributed by atoms with Crippen LogP contribution in [-0.4, -0.2) is 17.3 Å². The normalized spacial score (nSPS) is 46.5. The lowest BCUT2D eigenvalue weighted by Crippen LogP contribution is -2.57. The van der Waals surface area contributed by atoms with E-state index in [2.05, 4.69) is 5.73 Å². The van der Waals surface area contributed by atoms with Gasteiger partial charge in [0, 0.05) is 6.42 Å². The van der Waals surface area contributed by atoms with Crippen LogP contribution in [0.4, 0.5) is 0 Å². The molecule has 12 heavy (non-hydrogen) atoms. The highest BCUT2D eigenvalue weighted by molar-refractivity contribution is 4.97. The second kappa shape index (κ2) is 3.00. The molecule has 3 aliphatic carbocycles. The lowest BCUT2D eigenvalue weighted by molar-refractivity contribution is -0.376. The first kappa shape index (κ1) is 8.52. The van der Waals surface area contributed by atoms with Crippen LogP contribution < -0.4 is 5.73 Å².